The summed E-state index contributed by atoms with van der Waals surface area (Å²) < 4.78 is 5.42. The molecule has 0 amide bonds. The van der Waals surface area contributed by atoms with Crippen molar-refractivity contribution in [3.05, 3.63) is 0 Å². The fourth-order valence-electron chi connectivity index (χ4n) is 6.11. The third-order valence-electron chi connectivity index (χ3n) is 9.03. The fourth-order valence-corrected chi connectivity index (χ4v) is 6.11. The van der Waals surface area contributed by atoms with Crippen molar-refractivity contribution in [2.45, 2.75) is 232 Å². The van der Waals surface area contributed by atoms with E-state index in [-0.39, 0.29) is 5.97 Å². The summed E-state index contributed by atoms with van der Waals surface area (Å²) in [6, 6.07) is 0. The fraction of sp³-hybridized carbons (Fsp3) is 0.949. The van der Waals surface area contributed by atoms with E-state index in [0.717, 1.165) is 25.7 Å². The molecule has 1 N–H and O–H groups in total. The third kappa shape index (κ3) is 38.9. The molecule has 0 saturated heterocycles. The smallest absolute Gasteiger partial charge is 0.305 e. The second-order valence-corrected chi connectivity index (χ2v) is 13.4. The molecule has 0 radical (unpaired) electrons. The summed E-state index contributed by atoms with van der Waals surface area (Å²) in [6.07, 6.45) is 44.2. The quantitative estimate of drug-likeness (QED) is 0.0563. The molecule has 0 aromatic heterocycles. The lowest BCUT2D eigenvalue weighted by Gasteiger charge is -2.06. The van der Waals surface area contributed by atoms with Crippen molar-refractivity contribution in [2.24, 2.45) is 0 Å². The van der Waals surface area contributed by atoms with Gasteiger partial charge in [-0.2, -0.15) is 0 Å². The van der Waals surface area contributed by atoms with Crippen molar-refractivity contribution in [3.8, 4) is 0 Å². The molecule has 0 heterocycles. The predicted molar refractivity (Wildman–Crippen MR) is 186 cm³/mol. The Hall–Kier alpha value is -1.06. The number of carbonyl (C=O) groups excluding carboxylic acids is 1. The van der Waals surface area contributed by atoms with Gasteiger partial charge in [0.1, 0.15) is 0 Å². The van der Waals surface area contributed by atoms with Crippen molar-refractivity contribution < 1.29 is 19.4 Å². The lowest BCUT2D eigenvalue weighted by atomic mass is 10.0. The van der Waals surface area contributed by atoms with Gasteiger partial charge in [0.05, 0.1) is 6.61 Å². The van der Waals surface area contributed by atoms with Gasteiger partial charge in [0, 0.05) is 12.8 Å². The molecule has 0 saturated carbocycles. The molecule has 0 aromatic rings. The van der Waals surface area contributed by atoms with Gasteiger partial charge in [-0.1, -0.05) is 200 Å². The van der Waals surface area contributed by atoms with Crippen LogP contribution in [0.5, 0.6) is 0 Å². The average molecular weight is 609 g/mol. The second kappa shape index (κ2) is 37.1. The van der Waals surface area contributed by atoms with Gasteiger partial charge in [-0.3, -0.25) is 9.59 Å². The Bertz CT molecular complexity index is 561. The van der Waals surface area contributed by atoms with Gasteiger partial charge >= 0.3 is 11.9 Å². The summed E-state index contributed by atoms with van der Waals surface area (Å²) in [7, 11) is 0. The number of carboxylic acids is 1. The van der Waals surface area contributed by atoms with Crippen molar-refractivity contribution in [2.75, 3.05) is 6.61 Å². The van der Waals surface area contributed by atoms with Gasteiger partial charge in [-0.15, -0.1) is 0 Å². The summed E-state index contributed by atoms with van der Waals surface area (Å²) in [6.45, 7) is 2.88. The van der Waals surface area contributed by atoms with Gasteiger partial charge in [0.25, 0.3) is 0 Å². The number of aliphatic carboxylic acids is 1. The molecule has 256 valence electrons. The molecule has 4 nitrogen and oxygen atoms in total. The number of hydrogen-bond acceptors (Lipinski definition) is 3. The van der Waals surface area contributed by atoms with Crippen molar-refractivity contribution >= 4 is 11.9 Å². The minimum Gasteiger partial charge on any atom is -0.481 e. The van der Waals surface area contributed by atoms with Crippen LogP contribution in [0.25, 0.3) is 0 Å². The Kier molecular flexibility index (Phi) is 36.2. The number of unbranched alkanes of at least 4 members (excludes halogenated alkanes) is 31. The Labute approximate surface area is 269 Å². The van der Waals surface area contributed by atoms with Crippen LogP contribution in [0.15, 0.2) is 0 Å². The first-order valence-electron chi connectivity index (χ1n) is 19.5. The first-order valence-corrected chi connectivity index (χ1v) is 19.5. The molecule has 0 unspecified atom stereocenters. The molecule has 0 bridgehead atoms. The van der Waals surface area contributed by atoms with E-state index in [1.165, 1.54) is 186 Å². The maximum Gasteiger partial charge on any atom is 0.305 e. The number of ether oxygens (including phenoxy) is 1. The summed E-state index contributed by atoms with van der Waals surface area (Å²) in [4.78, 5) is 22.3. The summed E-state index contributed by atoms with van der Waals surface area (Å²) >= 11 is 0. The highest BCUT2D eigenvalue weighted by Gasteiger charge is 2.03. The number of esters is 1. The topological polar surface area (TPSA) is 63.6 Å². The van der Waals surface area contributed by atoms with Crippen LogP contribution in [0, 0.1) is 0 Å². The summed E-state index contributed by atoms with van der Waals surface area (Å²) in [5.41, 5.74) is 0. The first kappa shape index (κ1) is 41.9. The van der Waals surface area contributed by atoms with E-state index in [9.17, 15) is 9.59 Å². The normalized spacial score (nSPS) is 11.3. The zero-order valence-electron chi connectivity index (χ0n) is 29.1. The molecule has 0 spiro atoms. The largest absolute Gasteiger partial charge is 0.481 e. The van der Waals surface area contributed by atoms with E-state index in [0.29, 0.717) is 19.4 Å². The van der Waals surface area contributed by atoms with Gasteiger partial charge in [-0.05, 0) is 19.3 Å². The van der Waals surface area contributed by atoms with Crippen LogP contribution in [0.1, 0.15) is 232 Å². The molecular formula is C39H76O4. The molecule has 0 atom stereocenters. The maximum atomic E-state index is 11.9. The lowest BCUT2D eigenvalue weighted by Crippen LogP contribution is -2.05. The highest BCUT2D eigenvalue weighted by atomic mass is 16.5. The molecule has 0 fully saturated rings. The minimum absolute atomic E-state index is 0.0149. The molecule has 43 heavy (non-hydrogen) atoms. The Morgan fingerprint density at radius 2 is 0.628 bits per heavy atom. The van der Waals surface area contributed by atoms with Crippen LogP contribution < -0.4 is 0 Å². The van der Waals surface area contributed by atoms with E-state index in [1.807, 2.05) is 0 Å². The maximum absolute atomic E-state index is 11.9. The number of hydrogen-bond donors (Lipinski definition) is 1. The van der Waals surface area contributed by atoms with E-state index in [2.05, 4.69) is 6.92 Å². The second-order valence-electron chi connectivity index (χ2n) is 13.4. The lowest BCUT2D eigenvalue weighted by molar-refractivity contribution is -0.144. The minimum atomic E-state index is -0.656. The van der Waals surface area contributed by atoms with Gasteiger partial charge in [0.2, 0.25) is 0 Å². The first-order chi connectivity index (χ1) is 21.2. The average Bonchev–Trinajstić information content (AvgIpc) is 2.99. The zero-order valence-corrected chi connectivity index (χ0v) is 29.1. The Balaban J connectivity index is 3.12. The van der Waals surface area contributed by atoms with Crippen LogP contribution in [0.4, 0.5) is 0 Å². The zero-order chi connectivity index (χ0) is 31.3. The van der Waals surface area contributed by atoms with Crippen LogP contribution in [-0.2, 0) is 14.3 Å². The molecule has 0 rings (SSSR count). The van der Waals surface area contributed by atoms with Crippen molar-refractivity contribution in [3.63, 3.8) is 0 Å². The van der Waals surface area contributed by atoms with Crippen molar-refractivity contribution in [1.82, 2.24) is 0 Å². The molecule has 0 aromatic carbocycles. The van der Waals surface area contributed by atoms with E-state index in [1.54, 1.807) is 0 Å². The number of carboxylic acid groups (broad SMARTS) is 1. The molecule has 0 aliphatic rings. The standard InChI is InChI=1S/C39H76O4/c1-2-3-4-5-6-23-27-30-33-36-39(42)43-37-34-31-28-25-22-20-18-16-14-12-10-8-7-9-11-13-15-17-19-21-24-26-29-32-35-38(40)41/h2-37H2,1H3,(H,40,41). The van der Waals surface area contributed by atoms with Crippen LogP contribution in [-0.4, -0.2) is 23.7 Å². The molecule has 4 heteroatoms. The van der Waals surface area contributed by atoms with Gasteiger partial charge < -0.3 is 9.84 Å². The highest BCUT2D eigenvalue weighted by molar-refractivity contribution is 5.69. The Morgan fingerprint density at radius 1 is 0.372 bits per heavy atom. The van der Waals surface area contributed by atoms with E-state index < -0.39 is 5.97 Å². The van der Waals surface area contributed by atoms with Gasteiger partial charge in [-0.25, -0.2) is 0 Å². The number of rotatable bonds is 37. The molecular weight excluding hydrogens is 532 g/mol. The van der Waals surface area contributed by atoms with E-state index in [4.69, 9.17) is 9.84 Å². The SMILES string of the molecule is CCCCCCCCCCCC(=O)OCCCCCCCCCCCCCCCCCCCCCCCCCCC(=O)O. The van der Waals surface area contributed by atoms with Crippen molar-refractivity contribution in [1.29, 1.82) is 0 Å². The predicted octanol–water partition coefficient (Wildman–Crippen LogP) is 13.3. The molecule has 0 aliphatic carbocycles. The van der Waals surface area contributed by atoms with Crippen LogP contribution in [0.2, 0.25) is 0 Å². The van der Waals surface area contributed by atoms with Crippen LogP contribution >= 0.6 is 0 Å². The Morgan fingerprint density at radius 3 is 0.930 bits per heavy atom. The summed E-state index contributed by atoms with van der Waals surface area (Å²) in [5.74, 6) is -0.641. The monoisotopic (exact) mass is 609 g/mol. The van der Waals surface area contributed by atoms with Crippen LogP contribution in [0.3, 0.4) is 0 Å². The third-order valence-corrected chi connectivity index (χ3v) is 9.03. The van der Waals surface area contributed by atoms with Gasteiger partial charge in [0.15, 0.2) is 0 Å². The van der Waals surface area contributed by atoms with E-state index >= 15 is 0 Å². The molecule has 0 aliphatic heterocycles. The number of carbonyl (C=O) groups is 2. The summed E-state index contributed by atoms with van der Waals surface area (Å²) in [5, 5.41) is 8.64. The highest BCUT2D eigenvalue weighted by Crippen LogP contribution is 2.16.